The van der Waals surface area contributed by atoms with Crippen LogP contribution in [0.15, 0.2) is 28.8 Å². The molecule has 17 heavy (non-hydrogen) atoms. The Kier molecular flexibility index (Phi) is 2.76. The molecule has 2 heterocycles. The zero-order valence-electron chi connectivity index (χ0n) is 9.30. The minimum atomic E-state index is 0.426. The summed E-state index contributed by atoms with van der Waals surface area (Å²) < 4.78 is 5.33. The van der Waals surface area contributed by atoms with Gasteiger partial charge in [-0.05, 0) is 36.4 Å². The highest BCUT2D eigenvalue weighted by atomic mass is 32.2. The van der Waals surface area contributed by atoms with Crippen LogP contribution < -0.4 is 5.73 Å². The van der Waals surface area contributed by atoms with Crippen molar-refractivity contribution < 1.29 is 4.52 Å². The van der Waals surface area contributed by atoms with Crippen molar-refractivity contribution in [2.24, 2.45) is 0 Å². The fourth-order valence-electron chi connectivity index (χ4n) is 1.88. The zero-order valence-corrected chi connectivity index (χ0v) is 10.1. The van der Waals surface area contributed by atoms with Gasteiger partial charge in [0, 0.05) is 22.9 Å². The smallest absolute Gasteiger partial charge is 0.230 e. The average molecular weight is 247 g/mol. The number of nitrogen functional groups attached to an aromatic ring is 1. The summed E-state index contributed by atoms with van der Waals surface area (Å²) in [5.74, 6) is 4.11. The maximum Gasteiger partial charge on any atom is 0.230 e. The van der Waals surface area contributed by atoms with Crippen molar-refractivity contribution in [1.82, 2.24) is 10.1 Å². The van der Waals surface area contributed by atoms with Crippen LogP contribution in [0.1, 0.15) is 18.2 Å². The van der Waals surface area contributed by atoms with Gasteiger partial charge in [-0.3, -0.25) is 0 Å². The van der Waals surface area contributed by atoms with Gasteiger partial charge in [0.15, 0.2) is 0 Å². The number of nitrogens with two attached hydrogens (primary N) is 1. The van der Waals surface area contributed by atoms with Crippen LogP contribution in [0, 0.1) is 0 Å². The molecule has 0 radical (unpaired) electrons. The highest BCUT2D eigenvalue weighted by Gasteiger charge is 2.23. The van der Waals surface area contributed by atoms with Crippen LogP contribution in [0.25, 0.3) is 11.4 Å². The van der Waals surface area contributed by atoms with Crippen LogP contribution >= 0.6 is 11.8 Å². The Balaban J connectivity index is 1.86. The van der Waals surface area contributed by atoms with E-state index in [0.717, 1.165) is 29.3 Å². The number of anilines is 1. The summed E-state index contributed by atoms with van der Waals surface area (Å²) in [4.78, 5) is 4.46. The van der Waals surface area contributed by atoms with Crippen LogP contribution in [0.3, 0.4) is 0 Å². The van der Waals surface area contributed by atoms with Gasteiger partial charge in [0.05, 0.1) is 0 Å². The maximum absolute atomic E-state index is 5.64. The summed E-state index contributed by atoms with van der Waals surface area (Å²) in [7, 11) is 0. The third-order valence-electron chi connectivity index (χ3n) is 2.89. The number of nitrogens with zero attached hydrogens (tertiary/aromatic N) is 2. The Bertz CT molecular complexity index is 503. The molecule has 88 valence electrons. The summed E-state index contributed by atoms with van der Waals surface area (Å²) in [6, 6.07) is 7.51. The molecule has 0 amide bonds. The van der Waals surface area contributed by atoms with E-state index in [1.165, 1.54) is 5.75 Å². The average Bonchev–Trinajstić information content (AvgIpc) is 3.00. The first-order valence-electron chi connectivity index (χ1n) is 5.60. The predicted octanol–water partition coefficient (Wildman–Crippen LogP) is 2.54. The van der Waals surface area contributed by atoms with Gasteiger partial charge >= 0.3 is 0 Å². The van der Waals surface area contributed by atoms with Crippen LogP contribution in [0.2, 0.25) is 0 Å². The van der Waals surface area contributed by atoms with Crippen LogP contribution in [-0.4, -0.2) is 21.6 Å². The van der Waals surface area contributed by atoms with Crippen molar-refractivity contribution in [3.8, 4) is 11.4 Å². The lowest BCUT2D eigenvalue weighted by Gasteiger charge is -1.98. The van der Waals surface area contributed by atoms with Gasteiger partial charge in [0.1, 0.15) is 0 Å². The van der Waals surface area contributed by atoms with Crippen molar-refractivity contribution in [1.29, 1.82) is 0 Å². The topological polar surface area (TPSA) is 64.9 Å². The summed E-state index contributed by atoms with van der Waals surface area (Å²) in [5, 5.41) is 4.02. The second kappa shape index (κ2) is 4.41. The molecule has 1 atom stereocenters. The first-order valence-corrected chi connectivity index (χ1v) is 6.75. The first-order chi connectivity index (χ1) is 8.33. The number of aromatic nitrogens is 2. The molecule has 0 spiro atoms. The molecule has 2 aromatic rings. The maximum atomic E-state index is 5.64. The molecule has 1 aliphatic rings. The summed E-state index contributed by atoms with van der Waals surface area (Å²) in [5.41, 5.74) is 7.33. The van der Waals surface area contributed by atoms with Crippen LogP contribution in [0.5, 0.6) is 0 Å². The fraction of sp³-hybridized carbons (Fsp3) is 0.333. The van der Waals surface area contributed by atoms with E-state index < -0.39 is 0 Å². The number of benzene rings is 1. The summed E-state index contributed by atoms with van der Waals surface area (Å²) >= 11 is 1.94. The standard InChI is InChI=1S/C12H13N3OS/c13-10-3-1-8(2-4-10)11-14-12(16-15-11)9-5-6-17-7-9/h1-4,9H,5-7,13H2. The molecule has 1 fully saturated rings. The quantitative estimate of drug-likeness (QED) is 0.826. The number of hydrogen-bond donors (Lipinski definition) is 1. The molecule has 0 saturated carbocycles. The third kappa shape index (κ3) is 2.15. The Morgan fingerprint density at radius 1 is 1.29 bits per heavy atom. The third-order valence-corrected chi connectivity index (χ3v) is 4.05. The van der Waals surface area contributed by atoms with Gasteiger partial charge in [-0.25, -0.2) is 0 Å². The number of hydrogen-bond acceptors (Lipinski definition) is 5. The van der Waals surface area contributed by atoms with E-state index in [0.29, 0.717) is 11.7 Å². The predicted molar refractivity (Wildman–Crippen MR) is 68.8 cm³/mol. The lowest BCUT2D eigenvalue weighted by molar-refractivity contribution is 0.361. The molecule has 1 unspecified atom stereocenters. The minimum absolute atomic E-state index is 0.426. The van der Waals surface area contributed by atoms with Gasteiger partial charge in [0.2, 0.25) is 11.7 Å². The highest BCUT2D eigenvalue weighted by molar-refractivity contribution is 7.99. The molecule has 1 aliphatic heterocycles. The van der Waals surface area contributed by atoms with Gasteiger partial charge in [0.25, 0.3) is 0 Å². The normalized spacial score (nSPS) is 19.6. The Morgan fingerprint density at radius 2 is 2.12 bits per heavy atom. The van der Waals surface area contributed by atoms with Crippen molar-refractivity contribution in [2.75, 3.05) is 17.2 Å². The SMILES string of the molecule is Nc1ccc(-c2noc(C3CCSC3)n2)cc1. The number of thioether (sulfide) groups is 1. The molecular formula is C12H13N3OS. The molecule has 1 aromatic heterocycles. The molecule has 0 aliphatic carbocycles. The van der Waals surface area contributed by atoms with E-state index in [1.807, 2.05) is 36.0 Å². The lowest BCUT2D eigenvalue weighted by Crippen LogP contribution is -1.96. The van der Waals surface area contributed by atoms with E-state index in [-0.39, 0.29) is 0 Å². The van der Waals surface area contributed by atoms with Crippen molar-refractivity contribution in [3.05, 3.63) is 30.2 Å². The van der Waals surface area contributed by atoms with Gasteiger partial charge < -0.3 is 10.3 Å². The summed E-state index contributed by atoms with van der Waals surface area (Å²) in [6.45, 7) is 0. The van der Waals surface area contributed by atoms with Gasteiger partial charge in [-0.15, -0.1) is 0 Å². The first kappa shape index (κ1) is 10.7. The molecule has 3 rings (SSSR count). The van der Waals surface area contributed by atoms with E-state index >= 15 is 0 Å². The molecule has 2 N–H and O–H groups in total. The molecule has 4 nitrogen and oxygen atoms in total. The van der Waals surface area contributed by atoms with Crippen LogP contribution in [-0.2, 0) is 0 Å². The highest BCUT2D eigenvalue weighted by Crippen LogP contribution is 2.32. The second-order valence-electron chi connectivity index (χ2n) is 4.14. The van der Waals surface area contributed by atoms with Crippen molar-refractivity contribution in [3.63, 3.8) is 0 Å². The van der Waals surface area contributed by atoms with E-state index in [1.54, 1.807) is 0 Å². The monoisotopic (exact) mass is 247 g/mol. The largest absolute Gasteiger partial charge is 0.399 e. The van der Waals surface area contributed by atoms with Gasteiger partial charge in [-0.2, -0.15) is 16.7 Å². The molecular weight excluding hydrogens is 234 g/mol. The number of rotatable bonds is 2. The Labute approximate surface area is 104 Å². The Morgan fingerprint density at radius 3 is 2.82 bits per heavy atom. The molecule has 1 saturated heterocycles. The molecule has 0 bridgehead atoms. The zero-order chi connectivity index (χ0) is 11.7. The minimum Gasteiger partial charge on any atom is -0.399 e. The van der Waals surface area contributed by atoms with E-state index in [2.05, 4.69) is 10.1 Å². The Hall–Kier alpha value is -1.49. The lowest BCUT2D eigenvalue weighted by atomic mass is 10.1. The van der Waals surface area contributed by atoms with Crippen LogP contribution in [0.4, 0.5) is 5.69 Å². The van der Waals surface area contributed by atoms with E-state index in [4.69, 9.17) is 10.3 Å². The molecule has 1 aromatic carbocycles. The van der Waals surface area contributed by atoms with E-state index in [9.17, 15) is 0 Å². The fourth-order valence-corrected chi connectivity index (χ4v) is 3.09. The van der Waals surface area contributed by atoms with Crippen molar-refractivity contribution >= 4 is 17.4 Å². The van der Waals surface area contributed by atoms with Crippen molar-refractivity contribution in [2.45, 2.75) is 12.3 Å². The summed E-state index contributed by atoms with van der Waals surface area (Å²) in [6.07, 6.45) is 1.13. The second-order valence-corrected chi connectivity index (χ2v) is 5.29. The van der Waals surface area contributed by atoms with Gasteiger partial charge in [-0.1, -0.05) is 5.16 Å². The molecule has 5 heteroatoms.